The van der Waals surface area contributed by atoms with Gasteiger partial charge >= 0.3 is 12.1 Å². The number of benzene rings is 2. The van der Waals surface area contributed by atoms with Crippen molar-refractivity contribution in [3.63, 3.8) is 0 Å². The molecule has 0 saturated heterocycles. The van der Waals surface area contributed by atoms with Gasteiger partial charge in [-0.2, -0.15) is 0 Å². The SMILES string of the molecule is C=CC(=O)OCCOCCOCCOCCOCCOCCOCCOCCOCCOCCOCCOCCOCCN(C)C(=O)OCC1c2ccccc2-c2ccccc21. The quantitative estimate of drug-likeness (QED) is 0.0537. The molecule has 0 fully saturated rings. The minimum absolute atomic E-state index is 0.0327. The van der Waals surface area contributed by atoms with E-state index in [0.717, 1.165) is 6.08 Å². The van der Waals surface area contributed by atoms with Gasteiger partial charge in [0.05, 0.1) is 159 Å². The highest BCUT2D eigenvalue weighted by Gasteiger charge is 2.29. The Morgan fingerprint density at radius 1 is 0.452 bits per heavy atom. The fourth-order valence-electron chi connectivity index (χ4n) is 5.78. The molecular formula is C45H69NO16. The molecule has 2 aromatic carbocycles. The van der Waals surface area contributed by atoms with E-state index in [0.29, 0.717) is 172 Å². The molecule has 17 nitrogen and oxygen atoms in total. The van der Waals surface area contributed by atoms with E-state index in [4.69, 9.17) is 66.3 Å². The normalized spacial score (nSPS) is 12.0. The van der Waals surface area contributed by atoms with Crippen LogP contribution in [0.2, 0.25) is 0 Å². The third-order valence-corrected chi connectivity index (χ3v) is 8.95. The number of rotatable bonds is 42. The standard InChI is InChI=1S/C45H69NO16/c1-3-44(47)61-37-36-60-35-34-59-33-32-58-31-30-57-29-28-56-27-26-55-25-24-54-23-22-53-21-20-52-19-18-51-17-16-50-15-14-49-13-12-46(2)45(48)62-38-43-41-10-6-4-8-39(41)40-9-5-7-11-42(40)43/h3-11,43H,1,12-38H2,2H3. The Balaban J connectivity index is 0.934. The molecule has 0 aromatic heterocycles. The van der Waals surface area contributed by atoms with Gasteiger partial charge in [-0.05, 0) is 22.3 Å². The Bertz CT molecular complexity index is 1390. The molecule has 1 aliphatic rings. The number of hydrogen-bond donors (Lipinski definition) is 0. The molecule has 1 aliphatic carbocycles. The maximum atomic E-state index is 12.6. The molecule has 0 radical (unpaired) electrons. The molecule has 0 saturated carbocycles. The van der Waals surface area contributed by atoms with E-state index in [1.807, 2.05) is 24.3 Å². The molecule has 0 heterocycles. The van der Waals surface area contributed by atoms with Crippen LogP contribution in [0.15, 0.2) is 61.2 Å². The topological polar surface area (TPSA) is 167 Å². The van der Waals surface area contributed by atoms with Gasteiger partial charge in [0.1, 0.15) is 13.2 Å². The molecule has 2 aromatic rings. The lowest BCUT2D eigenvalue weighted by Gasteiger charge is -2.19. The third kappa shape index (κ3) is 24.9. The van der Waals surface area contributed by atoms with Crippen LogP contribution in [-0.2, 0) is 71.1 Å². The summed E-state index contributed by atoms with van der Waals surface area (Å²) in [5.41, 5.74) is 4.78. The highest BCUT2D eigenvalue weighted by atomic mass is 16.6. The summed E-state index contributed by atoms with van der Waals surface area (Å²) in [4.78, 5) is 25.0. The maximum absolute atomic E-state index is 12.6. The average Bonchev–Trinajstić information content (AvgIpc) is 3.61. The van der Waals surface area contributed by atoms with Crippen molar-refractivity contribution < 1.29 is 75.9 Å². The van der Waals surface area contributed by atoms with Crippen LogP contribution >= 0.6 is 0 Å². The van der Waals surface area contributed by atoms with E-state index in [-0.39, 0.29) is 18.6 Å². The highest BCUT2D eigenvalue weighted by Crippen LogP contribution is 2.44. The Morgan fingerprint density at radius 3 is 1.06 bits per heavy atom. The maximum Gasteiger partial charge on any atom is 0.409 e. The second kappa shape index (κ2) is 36.9. The second-order valence-electron chi connectivity index (χ2n) is 13.4. The Labute approximate surface area is 367 Å². The predicted octanol–water partition coefficient (Wildman–Crippen LogP) is 3.80. The Hall–Kier alpha value is -3.56. The van der Waals surface area contributed by atoms with Gasteiger partial charge in [0.15, 0.2) is 0 Å². The van der Waals surface area contributed by atoms with Gasteiger partial charge < -0.3 is 71.2 Å². The van der Waals surface area contributed by atoms with E-state index in [2.05, 4.69) is 30.8 Å². The zero-order chi connectivity index (χ0) is 44.0. The van der Waals surface area contributed by atoms with E-state index in [9.17, 15) is 9.59 Å². The number of nitrogens with zero attached hydrogens (tertiary/aromatic N) is 1. The van der Waals surface area contributed by atoms with Crippen LogP contribution < -0.4 is 0 Å². The summed E-state index contributed by atoms with van der Waals surface area (Å²) in [7, 11) is 1.71. The summed E-state index contributed by atoms with van der Waals surface area (Å²) in [6.07, 6.45) is 0.743. The van der Waals surface area contributed by atoms with Gasteiger partial charge in [-0.15, -0.1) is 0 Å². The summed E-state index contributed by atoms with van der Waals surface area (Å²) < 4.78 is 76.3. The monoisotopic (exact) mass is 879 g/mol. The smallest absolute Gasteiger partial charge is 0.409 e. The van der Waals surface area contributed by atoms with Crippen molar-refractivity contribution in [1.29, 1.82) is 0 Å². The minimum atomic E-state index is -0.464. The van der Waals surface area contributed by atoms with Gasteiger partial charge in [-0.3, -0.25) is 0 Å². The largest absolute Gasteiger partial charge is 0.460 e. The zero-order valence-corrected chi connectivity index (χ0v) is 36.6. The summed E-state index contributed by atoms with van der Waals surface area (Å²) in [5, 5.41) is 0. The van der Waals surface area contributed by atoms with Crippen LogP contribution in [0, 0.1) is 0 Å². The minimum Gasteiger partial charge on any atom is -0.460 e. The molecule has 1 amide bonds. The molecule has 0 spiro atoms. The van der Waals surface area contributed by atoms with E-state index in [1.165, 1.54) is 27.2 Å². The summed E-state index contributed by atoms with van der Waals surface area (Å²) >= 11 is 0. The summed E-state index contributed by atoms with van der Waals surface area (Å²) in [6.45, 7) is 15.2. The van der Waals surface area contributed by atoms with Crippen molar-refractivity contribution in [2.45, 2.75) is 5.92 Å². The lowest BCUT2D eigenvalue weighted by molar-refractivity contribution is -0.139. The molecule has 62 heavy (non-hydrogen) atoms. The molecule has 0 aliphatic heterocycles. The molecule has 0 bridgehead atoms. The number of amides is 1. The van der Waals surface area contributed by atoms with Crippen LogP contribution in [0.25, 0.3) is 11.1 Å². The molecule has 350 valence electrons. The average molecular weight is 880 g/mol. The first-order valence-electron chi connectivity index (χ1n) is 21.4. The fourth-order valence-corrected chi connectivity index (χ4v) is 5.78. The number of hydrogen-bond acceptors (Lipinski definition) is 16. The first-order valence-corrected chi connectivity index (χ1v) is 21.4. The van der Waals surface area contributed by atoms with E-state index >= 15 is 0 Å². The van der Waals surface area contributed by atoms with Crippen LogP contribution in [0.3, 0.4) is 0 Å². The van der Waals surface area contributed by atoms with Gasteiger partial charge in [0, 0.05) is 25.6 Å². The van der Waals surface area contributed by atoms with Crippen molar-refractivity contribution in [3.8, 4) is 11.1 Å². The Kier molecular flexibility index (Phi) is 31.4. The molecule has 0 atom stereocenters. The van der Waals surface area contributed by atoms with Gasteiger partial charge in [0.25, 0.3) is 0 Å². The van der Waals surface area contributed by atoms with Crippen molar-refractivity contribution in [2.24, 2.45) is 0 Å². The van der Waals surface area contributed by atoms with Gasteiger partial charge in [-0.1, -0.05) is 55.1 Å². The van der Waals surface area contributed by atoms with Gasteiger partial charge in [-0.25, -0.2) is 9.59 Å². The van der Waals surface area contributed by atoms with Crippen LogP contribution in [-0.4, -0.2) is 202 Å². The summed E-state index contributed by atoms with van der Waals surface area (Å²) in [5.74, 6) is -0.431. The molecular weight excluding hydrogens is 810 g/mol. The number of likely N-dealkylation sites (N-methyl/N-ethyl adjacent to an activating group) is 1. The van der Waals surface area contributed by atoms with Crippen molar-refractivity contribution in [2.75, 3.05) is 185 Å². The molecule has 17 heteroatoms. The van der Waals surface area contributed by atoms with Crippen LogP contribution in [0.5, 0.6) is 0 Å². The fraction of sp³-hybridized carbons (Fsp3) is 0.644. The van der Waals surface area contributed by atoms with Crippen LogP contribution in [0.4, 0.5) is 4.79 Å². The third-order valence-electron chi connectivity index (χ3n) is 8.95. The number of fused-ring (bicyclic) bond motifs is 3. The van der Waals surface area contributed by atoms with Crippen molar-refractivity contribution in [3.05, 3.63) is 72.3 Å². The van der Waals surface area contributed by atoms with E-state index < -0.39 is 5.97 Å². The number of carbonyl (C=O) groups is 2. The second-order valence-corrected chi connectivity index (χ2v) is 13.4. The van der Waals surface area contributed by atoms with Crippen molar-refractivity contribution in [1.82, 2.24) is 4.90 Å². The van der Waals surface area contributed by atoms with Gasteiger partial charge in [0.2, 0.25) is 0 Å². The Morgan fingerprint density at radius 2 is 0.742 bits per heavy atom. The number of carbonyl (C=O) groups excluding carboxylic acids is 2. The lowest BCUT2D eigenvalue weighted by atomic mass is 9.98. The lowest BCUT2D eigenvalue weighted by Crippen LogP contribution is -2.32. The van der Waals surface area contributed by atoms with Crippen LogP contribution in [0.1, 0.15) is 17.0 Å². The highest BCUT2D eigenvalue weighted by molar-refractivity contribution is 5.81. The van der Waals surface area contributed by atoms with Crippen molar-refractivity contribution >= 4 is 12.1 Å². The first kappa shape index (κ1) is 52.8. The molecule has 3 rings (SSSR count). The predicted molar refractivity (Wildman–Crippen MR) is 229 cm³/mol. The number of ether oxygens (including phenoxy) is 14. The molecule has 0 N–H and O–H groups in total. The molecule has 0 unspecified atom stereocenters. The van der Waals surface area contributed by atoms with E-state index in [1.54, 1.807) is 7.05 Å². The zero-order valence-electron chi connectivity index (χ0n) is 36.6. The summed E-state index contributed by atoms with van der Waals surface area (Å²) in [6, 6.07) is 16.6. The first-order chi connectivity index (χ1) is 30.6. The number of esters is 1.